The van der Waals surface area contributed by atoms with Crippen LogP contribution in [0.5, 0.6) is 0 Å². The number of hydrogen-bond donors (Lipinski definition) is 2. The van der Waals surface area contributed by atoms with Crippen molar-refractivity contribution >= 4 is 29.2 Å². The van der Waals surface area contributed by atoms with E-state index in [1.54, 1.807) is 19.3 Å². The van der Waals surface area contributed by atoms with Gasteiger partial charge in [-0.2, -0.15) is 5.10 Å². The summed E-state index contributed by atoms with van der Waals surface area (Å²) in [4.78, 5) is 8.28. The Hall–Kier alpha value is -2.57. The van der Waals surface area contributed by atoms with Crippen LogP contribution in [0, 0.1) is 0 Å². The van der Waals surface area contributed by atoms with E-state index in [0.717, 1.165) is 16.8 Å². The van der Waals surface area contributed by atoms with Crippen molar-refractivity contribution in [3.63, 3.8) is 0 Å². The van der Waals surface area contributed by atoms with Crippen LogP contribution in [0.25, 0.3) is 5.69 Å². The number of aromatic nitrogens is 3. The average molecular weight is 389 g/mol. The second-order valence-electron chi connectivity index (χ2n) is 5.54. The van der Waals surface area contributed by atoms with Crippen molar-refractivity contribution in [1.29, 1.82) is 0 Å². The molecule has 0 saturated carbocycles. The molecule has 0 bridgehead atoms. The number of benzene rings is 1. The molecule has 0 radical (unpaired) electrons. The zero-order valence-electron chi connectivity index (χ0n) is 14.2. The SMILES string of the molecule is CN=C(NCc1ccc(Cl)nc1)NCc1cnn(-c2ccc(Cl)cc2)c1. The van der Waals surface area contributed by atoms with Crippen LogP contribution >= 0.6 is 23.2 Å². The summed E-state index contributed by atoms with van der Waals surface area (Å²) in [5, 5.41) is 12.1. The Kier molecular flexibility index (Phi) is 6.09. The predicted octanol–water partition coefficient (Wildman–Crippen LogP) is 3.44. The summed E-state index contributed by atoms with van der Waals surface area (Å²) in [6.45, 7) is 1.21. The van der Waals surface area contributed by atoms with Crippen molar-refractivity contribution in [3.05, 3.63) is 76.3 Å². The van der Waals surface area contributed by atoms with Crippen molar-refractivity contribution in [2.24, 2.45) is 4.99 Å². The minimum Gasteiger partial charge on any atom is -0.352 e. The van der Waals surface area contributed by atoms with Gasteiger partial charge in [0.05, 0.1) is 11.9 Å². The molecule has 2 aromatic heterocycles. The highest BCUT2D eigenvalue weighted by Gasteiger charge is 2.03. The number of aliphatic imine (C=N–C) groups is 1. The molecule has 0 aliphatic carbocycles. The van der Waals surface area contributed by atoms with Gasteiger partial charge >= 0.3 is 0 Å². The third-order valence-electron chi connectivity index (χ3n) is 3.66. The van der Waals surface area contributed by atoms with Crippen molar-refractivity contribution < 1.29 is 0 Å². The van der Waals surface area contributed by atoms with E-state index in [4.69, 9.17) is 23.2 Å². The van der Waals surface area contributed by atoms with Crippen molar-refractivity contribution in [2.75, 3.05) is 7.05 Å². The lowest BCUT2D eigenvalue weighted by molar-refractivity contribution is 0.806. The molecular formula is C18H18Cl2N6. The van der Waals surface area contributed by atoms with Crippen molar-refractivity contribution in [3.8, 4) is 5.69 Å². The van der Waals surface area contributed by atoms with E-state index in [2.05, 4.69) is 25.7 Å². The van der Waals surface area contributed by atoms with Gasteiger partial charge in [0.2, 0.25) is 0 Å². The second-order valence-corrected chi connectivity index (χ2v) is 6.36. The zero-order chi connectivity index (χ0) is 18.4. The first-order valence-corrected chi connectivity index (χ1v) is 8.74. The van der Waals surface area contributed by atoms with E-state index in [-0.39, 0.29) is 0 Å². The Balaban J connectivity index is 1.54. The molecular weight excluding hydrogens is 371 g/mol. The molecule has 0 spiro atoms. The molecule has 1 aromatic carbocycles. The maximum Gasteiger partial charge on any atom is 0.191 e. The number of rotatable bonds is 5. The minimum absolute atomic E-state index is 0.481. The standard InChI is InChI=1S/C18H18Cl2N6/c1-21-18(23-9-13-2-7-17(20)22-8-13)24-10-14-11-25-26(12-14)16-5-3-15(19)4-6-16/h2-8,11-12H,9-10H2,1H3,(H2,21,23,24). The molecule has 0 unspecified atom stereocenters. The second kappa shape index (κ2) is 8.69. The van der Waals surface area contributed by atoms with Gasteiger partial charge in [-0.3, -0.25) is 4.99 Å². The fourth-order valence-corrected chi connectivity index (χ4v) is 2.53. The highest BCUT2D eigenvalue weighted by atomic mass is 35.5. The molecule has 26 heavy (non-hydrogen) atoms. The van der Waals surface area contributed by atoms with E-state index in [1.807, 2.05) is 47.4 Å². The molecule has 0 amide bonds. The van der Waals surface area contributed by atoms with E-state index in [9.17, 15) is 0 Å². The molecule has 0 fully saturated rings. The molecule has 8 heteroatoms. The van der Waals surface area contributed by atoms with Gasteiger partial charge in [-0.25, -0.2) is 9.67 Å². The molecule has 6 nitrogen and oxygen atoms in total. The predicted molar refractivity (Wildman–Crippen MR) is 105 cm³/mol. The van der Waals surface area contributed by atoms with Crippen molar-refractivity contribution in [2.45, 2.75) is 13.1 Å². The van der Waals surface area contributed by atoms with Gasteiger partial charge in [0, 0.05) is 43.1 Å². The van der Waals surface area contributed by atoms with Crippen molar-refractivity contribution in [1.82, 2.24) is 25.4 Å². The summed E-state index contributed by atoms with van der Waals surface area (Å²) in [7, 11) is 1.73. The Morgan fingerprint density at radius 2 is 1.73 bits per heavy atom. The van der Waals surface area contributed by atoms with Crippen LogP contribution in [-0.4, -0.2) is 27.8 Å². The van der Waals surface area contributed by atoms with E-state index in [1.165, 1.54) is 0 Å². The third kappa shape index (κ3) is 4.97. The molecule has 0 atom stereocenters. The van der Waals surface area contributed by atoms with Gasteiger partial charge in [0.15, 0.2) is 5.96 Å². The molecule has 0 aliphatic heterocycles. The van der Waals surface area contributed by atoms with Gasteiger partial charge in [0.1, 0.15) is 5.15 Å². The lowest BCUT2D eigenvalue weighted by Crippen LogP contribution is -2.36. The summed E-state index contributed by atoms with van der Waals surface area (Å²) in [6.07, 6.45) is 5.52. The van der Waals surface area contributed by atoms with Gasteiger partial charge in [-0.05, 0) is 35.9 Å². The summed E-state index contributed by atoms with van der Waals surface area (Å²) < 4.78 is 1.81. The molecule has 0 aliphatic rings. The molecule has 2 heterocycles. The van der Waals surface area contributed by atoms with Gasteiger partial charge in [-0.15, -0.1) is 0 Å². The lowest BCUT2D eigenvalue weighted by atomic mass is 10.3. The third-order valence-corrected chi connectivity index (χ3v) is 4.13. The quantitative estimate of drug-likeness (QED) is 0.399. The molecule has 134 valence electrons. The number of halogens is 2. The van der Waals surface area contributed by atoms with Crippen LogP contribution in [0.15, 0.2) is 60.0 Å². The molecule has 2 N–H and O–H groups in total. The lowest BCUT2D eigenvalue weighted by Gasteiger charge is -2.11. The fraction of sp³-hybridized carbons (Fsp3) is 0.167. The van der Waals surface area contributed by atoms with Crippen LogP contribution in [-0.2, 0) is 13.1 Å². The fourth-order valence-electron chi connectivity index (χ4n) is 2.29. The number of pyridine rings is 1. The first-order valence-electron chi connectivity index (χ1n) is 7.98. The topological polar surface area (TPSA) is 67.1 Å². The highest BCUT2D eigenvalue weighted by Crippen LogP contribution is 2.13. The van der Waals surface area contributed by atoms with E-state index in [0.29, 0.717) is 29.2 Å². The molecule has 3 rings (SSSR count). The number of nitrogens with one attached hydrogen (secondary N) is 2. The maximum atomic E-state index is 5.92. The summed E-state index contributed by atoms with van der Waals surface area (Å²) in [5.74, 6) is 0.694. The first kappa shape index (κ1) is 18.2. The van der Waals surface area contributed by atoms with Crippen LogP contribution in [0.1, 0.15) is 11.1 Å². The monoisotopic (exact) mass is 388 g/mol. The smallest absolute Gasteiger partial charge is 0.191 e. The highest BCUT2D eigenvalue weighted by molar-refractivity contribution is 6.30. The van der Waals surface area contributed by atoms with Gasteiger partial charge in [0.25, 0.3) is 0 Å². The van der Waals surface area contributed by atoms with E-state index < -0.39 is 0 Å². The Labute approximate surface area is 161 Å². The molecule has 0 saturated heterocycles. The summed E-state index contributed by atoms with van der Waals surface area (Å²) >= 11 is 11.7. The maximum absolute atomic E-state index is 5.92. The van der Waals surface area contributed by atoms with Crippen LogP contribution in [0.3, 0.4) is 0 Å². The average Bonchev–Trinajstić information content (AvgIpc) is 3.13. The first-order chi connectivity index (χ1) is 12.6. The van der Waals surface area contributed by atoms with E-state index >= 15 is 0 Å². The minimum atomic E-state index is 0.481. The number of guanidine groups is 1. The molecule has 3 aromatic rings. The number of nitrogens with zero attached hydrogens (tertiary/aromatic N) is 4. The van der Waals surface area contributed by atoms with Crippen LogP contribution < -0.4 is 10.6 Å². The Morgan fingerprint density at radius 3 is 2.38 bits per heavy atom. The van der Waals surface area contributed by atoms with Crippen LogP contribution in [0.2, 0.25) is 10.2 Å². The van der Waals surface area contributed by atoms with Crippen LogP contribution in [0.4, 0.5) is 0 Å². The largest absolute Gasteiger partial charge is 0.352 e. The van der Waals surface area contributed by atoms with Gasteiger partial charge < -0.3 is 10.6 Å². The Bertz CT molecular complexity index is 871. The Morgan fingerprint density at radius 1 is 1.00 bits per heavy atom. The zero-order valence-corrected chi connectivity index (χ0v) is 15.7. The summed E-state index contributed by atoms with van der Waals surface area (Å²) in [5.41, 5.74) is 3.02. The summed E-state index contributed by atoms with van der Waals surface area (Å²) in [6, 6.07) is 11.2. The normalized spacial score (nSPS) is 11.4. The number of hydrogen-bond acceptors (Lipinski definition) is 3. The van der Waals surface area contributed by atoms with Gasteiger partial charge in [-0.1, -0.05) is 29.3 Å².